The van der Waals surface area contributed by atoms with Crippen molar-refractivity contribution in [1.82, 2.24) is 0 Å². The Balaban J connectivity index is 2.14. The molecule has 1 aromatic carbocycles. The molecule has 0 radical (unpaired) electrons. The van der Waals surface area contributed by atoms with Crippen molar-refractivity contribution in [2.24, 2.45) is 5.73 Å². The number of halogens is 1. The number of rotatable bonds is 7. The Labute approximate surface area is 113 Å². The molecule has 0 aromatic heterocycles. The second kappa shape index (κ2) is 7.27. The van der Waals surface area contributed by atoms with Gasteiger partial charge in [0.05, 0.1) is 5.60 Å². The molecule has 1 rings (SSSR count). The zero-order valence-electron chi connectivity index (χ0n) is 10.2. The second-order valence-corrected chi connectivity index (χ2v) is 6.03. The molecule has 0 saturated carbocycles. The van der Waals surface area contributed by atoms with Crippen LogP contribution in [0.25, 0.3) is 0 Å². The molecule has 3 N–H and O–H groups in total. The molecule has 1 aromatic rings. The van der Waals surface area contributed by atoms with Gasteiger partial charge in [0.1, 0.15) is 0 Å². The Bertz CT molecular complexity index is 327. The van der Waals surface area contributed by atoms with Gasteiger partial charge in [-0.25, -0.2) is 0 Å². The van der Waals surface area contributed by atoms with Gasteiger partial charge >= 0.3 is 0 Å². The highest BCUT2D eigenvalue weighted by Crippen LogP contribution is 2.18. The first-order valence-corrected chi connectivity index (χ1v) is 7.31. The van der Waals surface area contributed by atoms with Crippen molar-refractivity contribution in [1.29, 1.82) is 0 Å². The first kappa shape index (κ1) is 14.8. The van der Waals surface area contributed by atoms with Crippen LogP contribution in [0.15, 0.2) is 24.3 Å². The summed E-state index contributed by atoms with van der Waals surface area (Å²) in [6, 6.07) is 7.92. The van der Waals surface area contributed by atoms with Gasteiger partial charge in [0, 0.05) is 17.3 Å². The summed E-state index contributed by atoms with van der Waals surface area (Å²) in [5, 5.41) is 10.5. The highest BCUT2D eigenvalue weighted by atomic mass is 35.5. The van der Waals surface area contributed by atoms with Crippen LogP contribution in [0.2, 0.25) is 5.02 Å². The molecule has 0 fully saturated rings. The van der Waals surface area contributed by atoms with Gasteiger partial charge in [-0.2, -0.15) is 11.8 Å². The summed E-state index contributed by atoms with van der Waals surface area (Å²) in [5.41, 5.74) is 6.03. The van der Waals surface area contributed by atoms with Gasteiger partial charge < -0.3 is 10.8 Å². The van der Waals surface area contributed by atoms with Crippen LogP contribution in [-0.4, -0.2) is 23.0 Å². The SMILES string of the molecule is CC(O)(CN)CCCSCc1ccc(Cl)cc1. The normalized spacial score (nSPS) is 14.6. The van der Waals surface area contributed by atoms with Crippen LogP contribution in [0.4, 0.5) is 0 Å². The van der Waals surface area contributed by atoms with E-state index >= 15 is 0 Å². The van der Waals surface area contributed by atoms with Crippen LogP contribution >= 0.6 is 23.4 Å². The fraction of sp³-hybridized carbons (Fsp3) is 0.538. The first-order valence-electron chi connectivity index (χ1n) is 5.78. The number of nitrogens with two attached hydrogens (primary N) is 1. The highest BCUT2D eigenvalue weighted by Gasteiger charge is 2.16. The Morgan fingerprint density at radius 2 is 2.00 bits per heavy atom. The molecule has 0 aliphatic carbocycles. The van der Waals surface area contributed by atoms with E-state index in [4.69, 9.17) is 17.3 Å². The lowest BCUT2D eigenvalue weighted by atomic mass is 10.0. The summed E-state index contributed by atoms with van der Waals surface area (Å²) in [6.07, 6.45) is 1.75. The van der Waals surface area contributed by atoms with E-state index in [2.05, 4.69) is 0 Å². The minimum atomic E-state index is -0.708. The minimum absolute atomic E-state index is 0.328. The smallest absolute Gasteiger partial charge is 0.0741 e. The average Bonchev–Trinajstić information content (AvgIpc) is 2.31. The van der Waals surface area contributed by atoms with Crippen LogP contribution in [-0.2, 0) is 5.75 Å². The van der Waals surface area contributed by atoms with E-state index in [0.29, 0.717) is 6.54 Å². The molecule has 0 heterocycles. The molecule has 17 heavy (non-hydrogen) atoms. The van der Waals surface area contributed by atoms with Gasteiger partial charge in [-0.05, 0) is 43.2 Å². The van der Waals surface area contributed by atoms with E-state index in [9.17, 15) is 5.11 Å². The lowest BCUT2D eigenvalue weighted by Crippen LogP contribution is -2.34. The summed E-state index contributed by atoms with van der Waals surface area (Å²) in [5.74, 6) is 2.03. The van der Waals surface area contributed by atoms with Gasteiger partial charge in [0.25, 0.3) is 0 Å². The predicted octanol–water partition coefficient (Wildman–Crippen LogP) is 3.06. The van der Waals surface area contributed by atoms with Crippen LogP contribution in [0.1, 0.15) is 25.3 Å². The molecule has 0 bridgehead atoms. The Morgan fingerprint density at radius 1 is 1.35 bits per heavy atom. The molecule has 0 aliphatic rings. The number of hydrogen-bond acceptors (Lipinski definition) is 3. The standard InChI is InChI=1S/C13H20ClNOS/c1-13(16,10-15)7-2-8-17-9-11-3-5-12(14)6-4-11/h3-6,16H,2,7-10,15H2,1H3. The molecule has 0 saturated heterocycles. The lowest BCUT2D eigenvalue weighted by molar-refractivity contribution is 0.0596. The molecule has 0 aliphatic heterocycles. The molecule has 1 unspecified atom stereocenters. The first-order chi connectivity index (χ1) is 8.03. The van der Waals surface area contributed by atoms with Crippen molar-refractivity contribution in [3.05, 3.63) is 34.9 Å². The fourth-order valence-corrected chi connectivity index (χ4v) is 2.47. The Hall–Kier alpha value is -0.220. The Morgan fingerprint density at radius 3 is 2.59 bits per heavy atom. The van der Waals surface area contributed by atoms with Crippen molar-refractivity contribution < 1.29 is 5.11 Å². The molecule has 0 amide bonds. The van der Waals surface area contributed by atoms with Crippen LogP contribution in [0.5, 0.6) is 0 Å². The van der Waals surface area contributed by atoms with E-state index in [-0.39, 0.29) is 0 Å². The summed E-state index contributed by atoms with van der Waals surface area (Å²) >= 11 is 7.68. The van der Waals surface area contributed by atoms with E-state index < -0.39 is 5.60 Å². The monoisotopic (exact) mass is 273 g/mol. The number of thioether (sulfide) groups is 1. The molecule has 96 valence electrons. The van der Waals surface area contributed by atoms with Crippen LogP contribution in [0.3, 0.4) is 0 Å². The van der Waals surface area contributed by atoms with Crippen molar-refractivity contribution in [2.75, 3.05) is 12.3 Å². The largest absolute Gasteiger partial charge is 0.389 e. The summed E-state index contributed by atoms with van der Waals surface area (Å²) < 4.78 is 0. The van der Waals surface area contributed by atoms with Crippen molar-refractivity contribution in [3.63, 3.8) is 0 Å². The summed E-state index contributed by atoms with van der Waals surface area (Å²) in [7, 11) is 0. The van der Waals surface area contributed by atoms with Crippen molar-refractivity contribution in [3.8, 4) is 0 Å². The maximum absolute atomic E-state index is 9.72. The highest BCUT2D eigenvalue weighted by molar-refractivity contribution is 7.98. The minimum Gasteiger partial charge on any atom is -0.389 e. The van der Waals surface area contributed by atoms with E-state index in [0.717, 1.165) is 29.4 Å². The molecule has 2 nitrogen and oxygen atoms in total. The van der Waals surface area contributed by atoms with Crippen molar-refractivity contribution in [2.45, 2.75) is 31.1 Å². The van der Waals surface area contributed by atoms with Gasteiger partial charge in [-0.15, -0.1) is 0 Å². The summed E-state index contributed by atoms with van der Waals surface area (Å²) in [6.45, 7) is 2.12. The van der Waals surface area contributed by atoms with Crippen LogP contribution in [0, 0.1) is 0 Å². The zero-order chi connectivity index (χ0) is 12.7. The summed E-state index contributed by atoms with van der Waals surface area (Å²) in [4.78, 5) is 0. The number of benzene rings is 1. The number of aliphatic hydroxyl groups is 1. The van der Waals surface area contributed by atoms with E-state index in [1.165, 1.54) is 5.56 Å². The topological polar surface area (TPSA) is 46.2 Å². The van der Waals surface area contributed by atoms with Gasteiger partial charge in [0.2, 0.25) is 0 Å². The molecular weight excluding hydrogens is 254 g/mol. The molecule has 4 heteroatoms. The quantitative estimate of drug-likeness (QED) is 0.751. The van der Waals surface area contributed by atoms with Gasteiger partial charge in [0.15, 0.2) is 0 Å². The number of hydrogen-bond donors (Lipinski definition) is 2. The third kappa shape index (κ3) is 6.32. The van der Waals surface area contributed by atoms with Gasteiger partial charge in [-0.3, -0.25) is 0 Å². The average molecular weight is 274 g/mol. The maximum Gasteiger partial charge on any atom is 0.0741 e. The molecular formula is C13H20ClNOS. The molecule has 0 spiro atoms. The van der Waals surface area contributed by atoms with Crippen LogP contribution < -0.4 is 5.73 Å². The zero-order valence-corrected chi connectivity index (χ0v) is 11.7. The molecule has 1 atom stereocenters. The van der Waals surface area contributed by atoms with E-state index in [1.54, 1.807) is 6.92 Å². The maximum atomic E-state index is 9.72. The Kier molecular flexibility index (Phi) is 6.34. The predicted molar refractivity (Wildman–Crippen MR) is 76.5 cm³/mol. The third-order valence-corrected chi connectivity index (χ3v) is 3.99. The van der Waals surface area contributed by atoms with E-state index in [1.807, 2.05) is 36.0 Å². The fourth-order valence-electron chi connectivity index (χ4n) is 1.43. The second-order valence-electron chi connectivity index (χ2n) is 4.48. The lowest BCUT2D eigenvalue weighted by Gasteiger charge is -2.20. The van der Waals surface area contributed by atoms with Crippen molar-refractivity contribution >= 4 is 23.4 Å². The third-order valence-electron chi connectivity index (χ3n) is 2.63. The van der Waals surface area contributed by atoms with Gasteiger partial charge in [-0.1, -0.05) is 23.7 Å².